The number of para-hydroxylation sites is 1. The number of aryl methyl sites for hydroxylation is 1. The van der Waals surface area contributed by atoms with E-state index in [1.165, 1.54) is 23.9 Å². The number of carbonyl (C=O) groups excluding carboxylic acids is 3. The summed E-state index contributed by atoms with van der Waals surface area (Å²) in [6.45, 7) is 1.00. The molecule has 0 aliphatic carbocycles. The molecule has 3 amide bonds. The lowest BCUT2D eigenvalue weighted by molar-refractivity contribution is -0.117. The van der Waals surface area contributed by atoms with Crippen LogP contribution in [0.15, 0.2) is 60.7 Å². The van der Waals surface area contributed by atoms with Gasteiger partial charge in [-0.25, -0.2) is 9.89 Å². The number of anilines is 3. The summed E-state index contributed by atoms with van der Waals surface area (Å²) < 4.78 is 6.79. The third kappa shape index (κ3) is 6.94. The van der Waals surface area contributed by atoms with Crippen LogP contribution in [0.5, 0.6) is 5.75 Å². The van der Waals surface area contributed by atoms with E-state index in [1.807, 2.05) is 12.1 Å². The molecule has 3 aromatic carbocycles. The Hall–Kier alpha value is -5.02. The second-order valence-corrected chi connectivity index (χ2v) is 11.1. The van der Waals surface area contributed by atoms with Crippen molar-refractivity contribution in [3.05, 3.63) is 82.2 Å². The lowest BCUT2D eigenvalue weighted by Gasteiger charge is -2.30. The normalized spacial score (nSPS) is 14.1. The number of carbonyl (C=O) groups is 3. The van der Waals surface area contributed by atoms with E-state index in [-0.39, 0.29) is 46.7 Å². The average Bonchev–Trinajstić information content (AvgIpc) is 3.64. The van der Waals surface area contributed by atoms with E-state index < -0.39 is 16.6 Å². The predicted molar refractivity (Wildman–Crippen MR) is 174 cm³/mol. The fourth-order valence-electron chi connectivity index (χ4n) is 5.14. The summed E-state index contributed by atoms with van der Waals surface area (Å²) >= 11 is 6.43. The fraction of sp³-hybridized carbons (Fsp3) is 0.258. The van der Waals surface area contributed by atoms with Gasteiger partial charge in [-0.2, -0.15) is 4.81 Å². The van der Waals surface area contributed by atoms with Crippen molar-refractivity contribution in [3.8, 4) is 17.0 Å². The SMILES string of the molecule is COc1ccccc1-c1nnn(C)c1C(=O)NCCNc1cc(NC(=O)c2ccc(N3CCCC3=O)cc2)c([N+](C)([O-])O)cc1Cl. The first kappa shape index (κ1) is 32.4. The van der Waals surface area contributed by atoms with Gasteiger partial charge in [0.25, 0.3) is 11.8 Å². The van der Waals surface area contributed by atoms with Gasteiger partial charge >= 0.3 is 0 Å². The van der Waals surface area contributed by atoms with Crippen LogP contribution in [0, 0.1) is 5.21 Å². The minimum Gasteiger partial charge on any atom is -0.593 e. The minimum absolute atomic E-state index is 0.0298. The van der Waals surface area contributed by atoms with Crippen LogP contribution in [0.2, 0.25) is 5.02 Å². The number of nitrogens with zero attached hydrogens (tertiary/aromatic N) is 5. The molecule has 4 aromatic rings. The van der Waals surface area contributed by atoms with Crippen LogP contribution in [-0.2, 0) is 11.8 Å². The van der Waals surface area contributed by atoms with Gasteiger partial charge in [0.1, 0.15) is 24.2 Å². The molecule has 5 rings (SSSR count). The van der Waals surface area contributed by atoms with Gasteiger partial charge < -0.3 is 30.8 Å². The molecule has 240 valence electrons. The first-order chi connectivity index (χ1) is 22.0. The standard InChI is InChI=1S/C31H33ClN8O6/c1-38-29(28(36-37-38)21-7-4-5-8-26(21)46-3)31(43)34-15-14-33-23-18-24(25(17-22(23)32)40(2,44)45)35-30(42)19-10-12-20(13-11-19)39-16-6-9-27(39)41/h4-5,7-8,10-13,17-18,33,44H,6,9,14-16H2,1-3H3,(H,34,43)(H,35,42). The molecule has 1 atom stereocenters. The van der Waals surface area contributed by atoms with Crippen LogP contribution in [0.4, 0.5) is 22.7 Å². The largest absolute Gasteiger partial charge is 0.593 e. The highest BCUT2D eigenvalue weighted by molar-refractivity contribution is 6.33. The average molecular weight is 649 g/mol. The maximum Gasteiger partial charge on any atom is 0.271 e. The van der Waals surface area contributed by atoms with Crippen molar-refractivity contribution in [2.24, 2.45) is 7.05 Å². The molecular weight excluding hydrogens is 616 g/mol. The van der Waals surface area contributed by atoms with Crippen molar-refractivity contribution < 1.29 is 24.3 Å². The third-order valence-corrected chi connectivity index (χ3v) is 7.74. The molecular formula is C31H33ClN8O6. The van der Waals surface area contributed by atoms with E-state index in [9.17, 15) is 24.8 Å². The van der Waals surface area contributed by atoms with Crippen molar-refractivity contribution in [2.45, 2.75) is 12.8 Å². The van der Waals surface area contributed by atoms with E-state index in [0.29, 0.717) is 41.3 Å². The molecule has 1 unspecified atom stereocenters. The number of benzene rings is 3. The Morgan fingerprint density at radius 2 is 1.83 bits per heavy atom. The monoisotopic (exact) mass is 648 g/mol. The van der Waals surface area contributed by atoms with E-state index >= 15 is 0 Å². The molecule has 1 aromatic heterocycles. The summed E-state index contributed by atoms with van der Waals surface area (Å²) in [5.74, 6) is -0.370. The summed E-state index contributed by atoms with van der Waals surface area (Å²) in [5, 5.41) is 39.6. The van der Waals surface area contributed by atoms with Gasteiger partial charge in [-0.05, 0) is 48.9 Å². The lowest BCUT2D eigenvalue weighted by Crippen LogP contribution is -2.34. The van der Waals surface area contributed by atoms with Gasteiger partial charge in [0.05, 0.1) is 17.8 Å². The molecule has 2 heterocycles. The van der Waals surface area contributed by atoms with Gasteiger partial charge in [-0.3, -0.25) is 14.4 Å². The summed E-state index contributed by atoms with van der Waals surface area (Å²) in [5.41, 5.74) is 2.39. The zero-order valence-corrected chi connectivity index (χ0v) is 26.2. The molecule has 1 aliphatic rings. The number of methoxy groups -OCH3 is 1. The van der Waals surface area contributed by atoms with Gasteiger partial charge in [0, 0.05) is 56.0 Å². The Balaban J connectivity index is 1.27. The van der Waals surface area contributed by atoms with Crippen LogP contribution >= 0.6 is 11.6 Å². The van der Waals surface area contributed by atoms with Crippen molar-refractivity contribution in [1.29, 1.82) is 0 Å². The van der Waals surface area contributed by atoms with E-state index in [4.69, 9.17) is 16.3 Å². The third-order valence-electron chi connectivity index (χ3n) is 7.43. The quantitative estimate of drug-likeness (QED) is 0.106. The molecule has 1 fully saturated rings. The first-order valence-corrected chi connectivity index (χ1v) is 14.8. The second-order valence-electron chi connectivity index (χ2n) is 10.7. The number of quaternary nitrogens is 1. The Morgan fingerprint density at radius 3 is 2.50 bits per heavy atom. The lowest BCUT2D eigenvalue weighted by atomic mass is 10.1. The van der Waals surface area contributed by atoms with Gasteiger partial charge in [0.2, 0.25) is 5.91 Å². The van der Waals surface area contributed by atoms with Gasteiger partial charge in [0.15, 0.2) is 11.4 Å². The fourth-order valence-corrected chi connectivity index (χ4v) is 5.36. The molecule has 0 saturated carbocycles. The number of amides is 3. The summed E-state index contributed by atoms with van der Waals surface area (Å²) in [6.07, 6.45) is 1.27. The van der Waals surface area contributed by atoms with E-state index in [1.54, 1.807) is 48.3 Å². The van der Waals surface area contributed by atoms with Gasteiger partial charge in [-0.15, -0.1) is 5.10 Å². The van der Waals surface area contributed by atoms with Gasteiger partial charge in [-0.1, -0.05) is 28.9 Å². The number of nitrogens with one attached hydrogen (secondary N) is 3. The molecule has 15 heteroatoms. The molecule has 46 heavy (non-hydrogen) atoms. The van der Waals surface area contributed by atoms with Crippen LogP contribution < -0.4 is 30.4 Å². The number of hydrogen-bond acceptors (Lipinski definition) is 9. The molecule has 0 radical (unpaired) electrons. The highest BCUT2D eigenvalue weighted by Gasteiger charge is 2.25. The zero-order chi connectivity index (χ0) is 33.0. The predicted octanol–water partition coefficient (Wildman–Crippen LogP) is 4.19. The van der Waals surface area contributed by atoms with E-state index in [0.717, 1.165) is 13.5 Å². The topological polar surface area (TPSA) is 174 Å². The first-order valence-electron chi connectivity index (χ1n) is 14.4. The van der Waals surface area contributed by atoms with Crippen LogP contribution in [0.25, 0.3) is 11.3 Å². The van der Waals surface area contributed by atoms with Crippen LogP contribution in [0.1, 0.15) is 33.7 Å². The highest BCUT2D eigenvalue weighted by atomic mass is 35.5. The van der Waals surface area contributed by atoms with Crippen molar-refractivity contribution in [1.82, 2.24) is 25.1 Å². The Labute approximate surface area is 269 Å². The van der Waals surface area contributed by atoms with Crippen molar-refractivity contribution in [3.63, 3.8) is 0 Å². The Kier molecular flexibility index (Phi) is 9.53. The minimum atomic E-state index is -1.84. The molecule has 14 nitrogen and oxygen atoms in total. The molecule has 0 bridgehead atoms. The maximum atomic E-state index is 13.1. The molecule has 1 aliphatic heterocycles. The van der Waals surface area contributed by atoms with Crippen LogP contribution in [-0.4, -0.2) is 71.7 Å². The summed E-state index contributed by atoms with van der Waals surface area (Å²) in [7, 11) is 4.13. The molecule has 4 N–H and O–H groups in total. The van der Waals surface area contributed by atoms with Crippen molar-refractivity contribution >= 4 is 52.1 Å². The highest BCUT2D eigenvalue weighted by Crippen LogP contribution is 2.37. The zero-order valence-electron chi connectivity index (χ0n) is 25.4. The maximum absolute atomic E-state index is 13.1. The summed E-state index contributed by atoms with van der Waals surface area (Å²) in [6, 6.07) is 16.4. The summed E-state index contributed by atoms with van der Waals surface area (Å²) in [4.78, 5) is 38.1. The molecule has 1 saturated heterocycles. The van der Waals surface area contributed by atoms with Crippen LogP contribution in [0.3, 0.4) is 0 Å². The second kappa shape index (κ2) is 13.5. The number of halogens is 1. The van der Waals surface area contributed by atoms with Crippen molar-refractivity contribution in [2.75, 3.05) is 49.3 Å². The number of aromatic nitrogens is 3. The smallest absolute Gasteiger partial charge is 0.271 e. The Morgan fingerprint density at radius 1 is 1.09 bits per heavy atom. The number of ether oxygens (including phenoxy) is 1. The molecule has 0 spiro atoms. The number of rotatable bonds is 11. The Bertz CT molecular complexity index is 1770. The van der Waals surface area contributed by atoms with E-state index in [2.05, 4.69) is 26.3 Å². The number of hydrogen-bond donors (Lipinski definition) is 4. The number of hydroxylamine groups is 2.